The molecule has 0 aliphatic carbocycles. The first-order chi connectivity index (χ1) is 13.4. The highest BCUT2D eigenvalue weighted by molar-refractivity contribution is 7.99. The second kappa shape index (κ2) is 9.23. The van der Waals surface area contributed by atoms with E-state index in [1.165, 1.54) is 18.0 Å². The second-order valence-corrected chi connectivity index (χ2v) is 7.63. The molecule has 0 bridgehead atoms. The quantitative estimate of drug-likeness (QED) is 0.258. The van der Waals surface area contributed by atoms with Gasteiger partial charge in [0, 0.05) is 22.0 Å². The number of hydrogen-bond acceptors (Lipinski definition) is 6. The summed E-state index contributed by atoms with van der Waals surface area (Å²) in [6, 6.07) is 10.5. The van der Waals surface area contributed by atoms with E-state index in [1.807, 2.05) is 19.9 Å². The first kappa shape index (κ1) is 20.4. The van der Waals surface area contributed by atoms with Crippen molar-refractivity contribution < 1.29 is 9.21 Å². The number of hydrazone groups is 1. The van der Waals surface area contributed by atoms with Crippen LogP contribution in [0.1, 0.15) is 17.1 Å². The van der Waals surface area contributed by atoms with Gasteiger partial charge >= 0.3 is 0 Å². The molecule has 0 saturated carbocycles. The van der Waals surface area contributed by atoms with Crippen LogP contribution < -0.4 is 5.43 Å². The Bertz CT molecular complexity index is 1020. The average Bonchev–Trinajstić information content (AvgIpc) is 3.08. The monoisotopic (exact) mass is 434 g/mol. The van der Waals surface area contributed by atoms with Crippen molar-refractivity contribution >= 4 is 47.1 Å². The van der Waals surface area contributed by atoms with E-state index < -0.39 is 0 Å². The topological polar surface area (TPSA) is 80.4 Å². The Hall–Kier alpha value is -2.35. The van der Waals surface area contributed by atoms with Crippen molar-refractivity contribution in [2.75, 3.05) is 5.75 Å². The molecule has 3 rings (SSSR count). The van der Waals surface area contributed by atoms with Crippen molar-refractivity contribution in [1.29, 1.82) is 0 Å². The number of nitrogens with one attached hydrogen (secondary N) is 1. The van der Waals surface area contributed by atoms with Gasteiger partial charge in [-0.25, -0.2) is 15.4 Å². The van der Waals surface area contributed by atoms with Gasteiger partial charge in [0.1, 0.15) is 11.5 Å². The minimum absolute atomic E-state index is 0.157. The molecule has 0 fully saturated rings. The largest absolute Gasteiger partial charge is 0.455 e. The molecule has 6 nitrogen and oxygen atoms in total. The number of rotatable bonds is 6. The van der Waals surface area contributed by atoms with Crippen LogP contribution in [0.4, 0.5) is 0 Å². The van der Waals surface area contributed by atoms with Gasteiger partial charge in [0.2, 0.25) is 0 Å². The summed E-state index contributed by atoms with van der Waals surface area (Å²) < 4.78 is 5.67. The van der Waals surface area contributed by atoms with Gasteiger partial charge in [-0.1, -0.05) is 35.0 Å². The number of aryl methyl sites for hydroxylation is 2. The van der Waals surface area contributed by atoms with Gasteiger partial charge in [-0.05, 0) is 50.2 Å². The Balaban J connectivity index is 1.54. The fourth-order valence-electron chi connectivity index (χ4n) is 2.34. The fourth-order valence-corrected chi connectivity index (χ4v) is 3.59. The summed E-state index contributed by atoms with van der Waals surface area (Å²) >= 11 is 13.3. The predicted octanol–water partition coefficient (Wildman–Crippen LogP) is 4.90. The standard InChI is InChI=1S/C19H16Cl2N4O2S/c1-11-7-12(2)24-19(23-11)28-10-18(26)25-22-9-14-4-6-17(27-14)15-5-3-13(20)8-16(15)21/h3-9H,10H2,1-2H3,(H,25,26). The van der Waals surface area contributed by atoms with E-state index in [1.54, 1.807) is 30.3 Å². The minimum Gasteiger partial charge on any atom is -0.455 e. The first-order valence-electron chi connectivity index (χ1n) is 8.23. The number of halogens is 2. The van der Waals surface area contributed by atoms with Crippen molar-refractivity contribution in [3.8, 4) is 11.3 Å². The third-order valence-corrected chi connectivity index (χ3v) is 4.89. The summed E-state index contributed by atoms with van der Waals surface area (Å²) in [7, 11) is 0. The van der Waals surface area contributed by atoms with Crippen LogP contribution in [0.25, 0.3) is 11.3 Å². The molecule has 0 saturated heterocycles. The van der Waals surface area contributed by atoms with Crippen LogP contribution >= 0.6 is 35.0 Å². The number of carbonyl (C=O) groups excluding carboxylic acids is 1. The molecular weight excluding hydrogens is 419 g/mol. The molecule has 9 heteroatoms. The fraction of sp³-hybridized carbons (Fsp3) is 0.158. The lowest BCUT2D eigenvalue weighted by atomic mass is 10.2. The van der Waals surface area contributed by atoms with Gasteiger partial charge in [0.05, 0.1) is 17.0 Å². The van der Waals surface area contributed by atoms with Crippen LogP contribution in [0, 0.1) is 13.8 Å². The van der Waals surface area contributed by atoms with Gasteiger partial charge in [-0.2, -0.15) is 5.10 Å². The predicted molar refractivity (Wildman–Crippen MR) is 112 cm³/mol. The van der Waals surface area contributed by atoms with Crippen LogP contribution in [0.2, 0.25) is 10.0 Å². The number of thioether (sulfide) groups is 1. The number of furan rings is 1. The van der Waals surface area contributed by atoms with Gasteiger partial charge in [-0.15, -0.1) is 0 Å². The summed E-state index contributed by atoms with van der Waals surface area (Å²) in [4.78, 5) is 20.5. The Morgan fingerprint density at radius 2 is 1.93 bits per heavy atom. The SMILES string of the molecule is Cc1cc(C)nc(SCC(=O)NN=Cc2ccc(-c3ccc(Cl)cc3Cl)o2)n1. The third-order valence-electron chi connectivity index (χ3n) is 3.50. The van der Waals surface area contributed by atoms with E-state index in [0.717, 1.165) is 17.0 Å². The smallest absolute Gasteiger partial charge is 0.250 e. The molecule has 0 atom stereocenters. The molecule has 0 unspecified atom stereocenters. The summed E-state index contributed by atoms with van der Waals surface area (Å²) in [5.74, 6) is 0.949. The van der Waals surface area contributed by atoms with Crippen LogP contribution in [-0.2, 0) is 4.79 Å². The Labute approximate surface area is 176 Å². The molecule has 1 N–H and O–H groups in total. The average molecular weight is 435 g/mol. The zero-order valence-corrected chi connectivity index (χ0v) is 17.4. The first-order valence-corrected chi connectivity index (χ1v) is 9.97. The van der Waals surface area contributed by atoms with E-state index in [9.17, 15) is 4.79 Å². The molecule has 0 radical (unpaired) electrons. The number of aromatic nitrogens is 2. The van der Waals surface area contributed by atoms with E-state index >= 15 is 0 Å². The highest BCUT2D eigenvalue weighted by atomic mass is 35.5. The summed E-state index contributed by atoms with van der Waals surface area (Å²) in [6.45, 7) is 3.77. The van der Waals surface area contributed by atoms with Gasteiger partial charge in [0.15, 0.2) is 5.16 Å². The molecule has 0 aliphatic heterocycles. The Morgan fingerprint density at radius 3 is 2.64 bits per heavy atom. The molecular formula is C19H16Cl2N4O2S. The molecule has 144 valence electrons. The molecule has 3 aromatic rings. The van der Waals surface area contributed by atoms with E-state index in [2.05, 4.69) is 20.5 Å². The van der Waals surface area contributed by atoms with Gasteiger partial charge < -0.3 is 4.42 Å². The lowest BCUT2D eigenvalue weighted by Crippen LogP contribution is -2.19. The van der Waals surface area contributed by atoms with E-state index in [0.29, 0.717) is 26.7 Å². The summed E-state index contributed by atoms with van der Waals surface area (Å²) in [5.41, 5.74) is 4.90. The summed E-state index contributed by atoms with van der Waals surface area (Å²) in [5, 5.41) is 5.51. The van der Waals surface area contributed by atoms with Crippen LogP contribution in [0.15, 0.2) is 51.1 Å². The van der Waals surface area contributed by atoms with Crippen molar-refractivity contribution in [1.82, 2.24) is 15.4 Å². The Kier molecular flexibility index (Phi) is 6.72. The van der Waals surface area contributed by atoms with Crippen molar-refractivity contribution in [2.24, 2.45) is 5.10 Å². The maximum absolute atomic E-state index is 11.9. The molecule has 2 heterocycles. The summed E-state index contributed by atoms with van der Waals surface area (Å²) in [6.07, 6.45) is 1.42. The Morgan fingerprint density at radius 1 is 1.18 bits per heavy atom. The second-order valence-electron chi connectivity index (χ2n) is 5.84. The number of benzene rings is 1. The van der Waals surface area contributed by atoms with Crippen molar-refractivity contribution in [3.63, 3.8) is 0 Å². The van der Waals surface area contributed by atoms with E-state index in [4.69, 9.17) is 27.6 Å². The van der Waals surface area contributed by atoms with Crippen molar-refractivity contribution in [2.45, 2.75) is 19.0 Å². The number of nitrogens with zero attached hydrogens (tertiary/aromatic N) is 3. The van der Waals surface area contributed by atoms with E-state index in [-0.39, 0.29) is 11.7 Å². The van der Waals surface area contributed by atoms with Crippen LogP contribution in [-0.4, -0.2) is 27.8 Å². The van der Waals surface area contributed by atoms with Crippen LogP contribution in [0.5, 0.6) is 0 Å². The maximum Gasteiger partial charge on any atom is 0.250 e. The molecule has 1 amide bonds. The van der Waals surface area contributed by atoms with Gasteiger partial charge in [-0.3, -0.25) is 4.79 Å². The number of hydrogen-bond donors (Lipinski definition) is 1. The number of carbonyl (C=O) groups is 1. The normalized spacial score (nSPS) is 11.1. The lowest BCUT2D eigenvalue weighted by molar-refractivity contribution is -0.118. The molecule has 1 aromatic carbocycles. The molecule has 28 heavy (non-hydrogen) atoms. The molecule has 0 spiro atoms. The van der Waals surface area contributed by atoms with Gasteiger partial charge in [0.25, 0.3) is 5.91 Å². The van der Waals surface area contributed by atoms with Crippen molar-refractivity contribution in [3.05, 3.63) is 63.6 Å². The zero-order valence-electron chi connectivity index (χ0n) is 15.1. The number of amides is 1. The lowest BCUT2D eigenvalue weighted by Gasteiger charge is -2.02. The molecule has 2 aromatic heterocycles. The minimum atomic E-state index is -0.267. The molecule has 0 aliphatic rings. The zero-order chi connectivity index (χ0) is 20.1. The van der Waals surface area contributed by atoms with Crippen LogP contribution in [0.3, 0.4) is 0 Å². The maximum atomic E-state index is 11.9. The highest BCUT2D eigenvalue weighted by Gasteiger charge is 2.09. The highest BCUT2D eigenvalue weighted by Crippen LogP contribution is 2.31. The third kappa shape index (κ3) is 5.58.